The number of carbonyl (C=O) groups excluding carboxylic acids is 3. The average Bonchev–Trinajstić information content (AvgIpc) is 3.41. The first-order chi connectivity index (χ1) is 15.2. The number of Topliss-reactive ketones (excluding diaryl/α,β-unsaturated/α-hetero) is 1. The Labute approximate surface area is 191 Å². The minimum Gasteiger partial charge on any atom is -0.507 e. The first-order valence-corrected chi connectivity index (χ1v) is 11.4. The van der Waals surface area contributed by atoms with Gasteiger partial charge in [-0.25, -0.2) is 4.79 Å². The Kier molecular flexibility index (Phi) is 7.20. The van der Waals surface area contributed by atoms with Crippen LogP contribution in [0.3, 0.4) is 0 Å². The highest BCUT2D eigenvalue weighted by atomic mass is 32.1. The lowest BCUT2D eigenvalue weighted by atomic mass is 9.97. The molecule has 0 spiro atoms. The Hall–Kier alpha value is -2.91. The Bertz CT molecular complexity index is 1050. The number of aromatic amines is 1. The van der Waals surface area contributed by atoms with Crippen LogP contribution in [-0.2, 0) is 14.3 Å². The average molecular weight is 460 g/mol. The molecular formula is C23H29N3O5S. The van der Waals surface area contributed by atoms with Gasteiger partial charge in [-0.3, -0.25) is 9.59 Å². The number of H-pyrrole nitrogens is 1. The van der Waals surface area contributed by atoms with Crippen molar-refractivity contribution in [3.63, 3.8) is 0 Å². The highest BCUT2D eigenvalue weighted by Crippen LogP contribution is 2.42. The molecule has 2 N–H and O–H groups in total. The molecule has 2 aromatic heterocycles. The van der Waals surface area contributed by atoms with Crippen LogP contribution in [0.2, 0.25) is 0 Å². The van der Waals surface area contributed by atoms with Crippen LogP contribution < -0.4 is 0 Å². The van der Waals surface area contributed by atoms with E-state index in [1.165, 1.54) is 16.2 Å². The van der Waals surface area contributed by atoms with Gasteiger partial charge in [-0.15, -0.1) is 11.3 Å². The standard InChI is InChI=1S/C23H29N3O5S/c1-6-31-23(30)18-13(2)16(14(3)24-18)20(27)17-19(15-9-7-12-32-15)26(22(29)21(17)28)11-8-10-25(4)5/h7,9,12,19,24,27H,6,8,10-11H2,1-5H3/t19-/m1/s1. The van der Waals surface area contributed by atoms with Gasteiger partial charge in [0.1, 0.15) is 11.5 Å². The lowest BCUT2D eigenvalue weighted by Gasteiger charge is -2.24. The van der Waals surface area contributed by atoms with Gasteiger partial charge in [-0.1, -0.05) is 6.07 Å². The fourth-order valence-corrected chi connectivity index (χ4v) is 4.90. The number of likely N-dealkylation sites (tertiary alicyclic amines) is 1. The maximum absolute atomic E-state index is 13.1. The van der Waals surface area contributed by atoms with Crippen molar-refractivity contribution in [1.29, 1.82) is 0 Å². The molecule has 1 atom stereocenters. The molecule has 0 aliphatic carbocycles. The maximum Gasteiger partial charge on any atom is 0.355 e. The van der Waals surface area contributed by atoms with Crippen molar-refractivity contribution in [1.82, 2.24) is 14.8 Å². The number of carbonyl (C=O) groups is 3. The number of thiophene rings is 1. The Morgan fingerprint density at radius 1 is 1.31 bits per heavy atom. The Balaban J connectivity index is 2.10. The number of hydrogen-bond acceptors (Lipinski definition) is 7. The highest BCUT2D eigenvalue weighted by Gasteiger charge is 2.46. The topological polar surface area (TPSA) is 103 Å². The fourth-order valence-electron chi connectivity index (χ4n) is 4.06. The number of rotatable bonds is 8. The van der Waals surface area contributed by atoms with E-state index in [-0.39, 0.29) is 23.6 Å². The second kappa shape index (κ2) is 9.70. The van der Waals surface area contributed by atoms with E-state index >= 15 is 0 Å². The van der Waals surface area contributed by atoms with Crippen LogP contribution in [0.5, 0.6) is 0 Å². The predicted octanol–water partition coefficient (Wildman–Crippen LogP) is 3.24. The molecule has 1 aliphatic rings. The van der Waals surface area contributed by atoms with E-state index in [0.717, 1.165) is 11.4 Å². The van der Waals surface area contributed by atoms with Gasteiger partial charge in [-0.2, -0.15) is 0 Å². The number of ketones is 1. The molecule has 0 unspecified atom stereocenters. The summed E-state index contributed by atoms with van der Waals surface area (Å²) in [5, 5.41) is 13.2. The van der Waals surface area contributed by atoms with Crippen LogP contribution in [0.25, 0.3) is 5.76 Å². The predicted molar refractivity (Wildman–Crippen MR) is 123 cm³/mol. The molecule has 0 bridgehead atoms. The number of ether oxygens (including phenoxy) is 1. The van der Waals surface area contributed by atoms with Crippen LogP contribution in [0.4, 0.5) is 0 Å². The van der Waals surface area contributed by atoms with Gasteiger partial charge in [-0.05, 0) is 64.8 Å². The zero-order valence-electron chi connectivity index (χ0n) is 19.0. The summed E-state index contributed by atoms with van der Waals surface area (Å²) < 4.78 is 5.08. The summed E-state index contributed by atoms with van der Waals surface area (Å²) >= 11 is 1.43. The number of hydrogen-bond donors (Lipinski definition) is 2. The number of aryl methyl sites for hydroxylation is 1. The number of aliphatic hydroxyl groups is 1. The summed E-state index contributed by atoms with van der Waals surface area (Å²) in [7, 11) is 3.90. The molecule has 0 aromatic carbocycles. The molecule has 3 rings (SSSR count). The number of amides is 1. The van der Waals surface area contributed by atoms with Crippen molar-refractivity contribution >= 4 is 34.8 Å². The largest absolute Gasteiger partial charge is 0.507 e. The van der Waals surface area contributed by atoms with E-state index in [0.29, 0.717) is 29.8 Å². The van der Waals surface area contributed by atoms with E-state index in [4.69, 9.17) is 4.74 Å². The number of esters is 1. The van der Waals surface area contributed by atoms with Crippen molar-refractivity contribution in [3.05, 3.63) is 50.5 Å². The quantitative estimate of drug-likeness (QED) is 0.272. The molecule has 3 heterocycles. The lowest BCUT2D eigenvalue weighted by Crippen LogP contribution is -2.32. The second-order valence-corrected chi connectivity index (χ2v) is 8.99. The van der Waals surface area contributed by atoms with Crippen molar-refractivity contribution in [2.45, 2.75) is 33.2 Å². The van der Waals surface area contributed by atoms with E-state index in [1.54, 1.807) is 20.8 Å². The van der Waals surface area contributed by atoms with Gasteiger partial charge >= 0.3 is 5.97 Å². The molecular weight excluding hydrogens is 430 g/mol. The zero-order chi connectivity index (χ0) is 23.6. The van der Waals surface area contributed by atoms with Gasteiger partial charge in [0.05, 0.1) is 18.2 Å². The monoisotopic (exact) mass is 459 g/mol. The van der Waals surface area contributed by atoms with Crippen LogP contribution in [0, 0.1) is 13.8 Å². The molecule has 2 aromatic rings. The summed E-state index contributed by atoms with van der Waals surface area (Å²) in [5.74, 6) is -2.16. The summed E-state index contributed by atoms with van der Waals surface area (Å²) in [6.07, 6.45) is 0.692. The van der Waals surface area contributed by atoms with Crippen LogP contribution in [0.15, 0.2) is 23.1 Å². The molecule has 9 heteroatoms. The third-order valence-electron chi connectivity index (χ3n) is 5.51. The summed E-state index contributed by atoms with van der Waals surface area (Å²) in [6, 6.07) is 3.04. The maximum atomic E-state index is 13.1. The molecule has 172 valence electrons. The number of aromatic nitrogens is 1. The summed E-state index contributed by atoms with van der Waals surface area (Å²) in [6.45, 7) is 6.47. The fraction of sp³-hybridized carbons (Fsp3) is 0.435. The van der Waals surface area contributed by atoms with Gasteiger partial charge in [0.15, 0.2) is 0 Å². The molecule has 0 radical (unpaired) electrons. The first kappa shape index (κ1) is 23.7. The molecule has 1 saturated heterocycles. The molecule has 0 saturated carbocycles. The number of nitrogens with one attached hydrogen (secondary N) is 1. The van der Waals surface area contributed by atoms with Crippen LogP contribution in [-0.4, -0.2) is 71.3 Å². The SMILES string of the molecule is CCOC(=O)c1[nH]c(C)c(C(O)=C2C(=O)C(=O)N(CCCN(C)C)[C@@H]2c2cccs2)c1C. The van der Waals surface area contributed by atoms with Gasteiger partial charge in [0.25, 0.3) is 11.7 Å². The Morgan fingerprint density at radius 2 is 2.03 bits per heavy atom. The Morgan fingerprint density at radius 3 is 2.62 bits per heavy atom. The number of nitrogens with zero attached hydrogens (tertiary/aromatic N) is 2. The summed E-state index contributed by atoms with van der Waals surface area (Å²) in [5.41, 5.74) is 1.61. The van der Waals surface area contributed by atoms with E-state index in [1.807, 2.05) is 36.5 Å². The lowest BCUT2D eigenvalue weighted by molar-refractivity contribution is -0.139. The first-order valence-electron chi connectivity index (χ1n) is 10.5. The molecule has 1 fully saturated rings. The highest BCUT2D eigenvalue weighted by molar-refractivity contribution is 7.10. The molecule has 1 aliphatic heterocycles. The van der Waals surface area contributed by atoms with Crippen LogP contribution >= 0.6 is 11.3 Å². The number of aliphatic hydroxyl groups excluding tert-OH is 1. The minimum atomic E-state index is -0.719. The minimum absolute atomic E-state index is 0.0444. The third-order valence-corrected chi connectivity index (χ3v) is 6.44. The van der Waals surface area contributed by atoms with Gasteiger partial charge in [0, 0.05) is 22.7 Å². The van der Waals surface area contributed by atoms with Crippen molar-refractivity contribution in [3.8, 4) is 0 Å². The van der Waals surface area contributed by atoms with Gasteiger partial charge in [0.2, 0.25) is 0 Å². The zero-order valence-corrected chi connectivity index (χ0v) is 19.8. The summed E-state index contributed by atoms with van der Waals surface area (Å²) in [4.78, 5) is 45.6. The van der Waals surface area contributed by atoms with Gasteiger partial charge < -0.3 is 24.6 Å². The van der Waals surface area contributed by atoms with Crippen LogP contribution in [0.1, 0.15) is 51.6 Å². The van der Waals surface area contributed by atoms with Crippen molar-refractivity contribution in [2.24, 2.45) is 0 Å². The second-order valence-electron chi connectivity index (χ2n) is 8.01. The smallest absolute Gasteiger partial charge is 0.355 e. The van der Waals surface area contributed by atoms with Crippen molar-refractivity contribution < 1.29 is 24.2 Å². The van der Waals surface area contributed by atoms with E-state index in [2.05, 4.69) is 4.98 Å². The van der Waals surface area contributed by atoms with Crippen molar-refractivity contribution in [2.75, 3.05) is 33.8 Å². The molecule has 32 heavy (non-hydrogen) atoms. The molecule has 1 amide bonds. The van der Waals surface area contributed by atoms with E-state index in [9.17, 15) is 19.5 Å². The molecule has 8 nitrogen and oxygen atoms in total. The van der Waals surface area contributed by atoms with E-state index < -0.39 is 23.7 Å². The normalized spacial score (nSPS) is 18.1. The third kappa shape index (κ3) is 4.35.